The Labute approximate surface area is 147 Å². The summed E-state index contributed by atoms with van der Waals surface area (Å²) >= 11 is 6.13. The highest BCUT2D eigenvalue weighted by atomic mass is 35.5. The minimum atomic E-state index is -0.438. The lowest BCUT2D eigenvalue weighted by Crippen LogP contribution is -2.30. The average Bonchev–Trinajstić information content (AvgIpc) is 2.54. The molecule has 1 aromatic carbocycles. The first-order chi connectivity index (χ1) is 11.5. The van der Waals surface area contributed by atoms with Crippen molar-refractivity contribution in [2.45, 2.75) is 32.6 Å². The number of amidine groups is 1. The third-order valence-electron chi connectivity index (χ3n) is 3.81. The maximum Gasteiger partial charge on any atom is 0.336 e. The van der Waals surface area contributed by atoms with E-state index in [0.29, 0.717) is 34.1 Å². The van der Waals surface area contributed by atoms with E-state index in [1.54, 1.807) is 19.1 Å². The zero-order chi connectivity index (χ0) is 17.7. The van der Waals surface area contributed by atoms with Crippen molar-refractivity contribution in [2.75, 3.05) is 6.61 Å². The summed E-state index contributed by atoms with van der Waals surface area (Å²) in [6, 6.07) is 7.30. The van der Waals surface area contributed by atoms with Gasteiger partial charge in [-0.1, -0.05) is 37.1 Å². The SMILES string of the molecule is CCCC1=C(C(=O)OCC)C(c2cccc(Cl)c2)/C(=C/N)C(N)=N1. The second-order valence-electron chi connectivity index (χ2n) is 5.44. The van der Waals surface area contributed by atoms with Crippen LogP contribution in [0.25, 0.3) is 0 Å². The third kappa shape index (κ3) is 3.62. The van der Waals surface area contributed by atoms with E-state index in [-0.39, 0.29) is 6.61 Å². The Morgan fingerprint density at radius 3 is 2.75 bits per heavy atom. The number of ether oxygens (including phenoxy) is 1. The van der Waals surface area contributed by atoms with Crippen LogP contribution >= 0.6 is 11.6 Å². The largest absolute Gasteiger partial charge is 0.463 e. The summed E-state index contributed by atoms with van der Waals surface area (Å²) in [5.74, 6) is -0.521. The highest BCUT2D eigenvalue weighted by Gasteiger charge is 2.35. The second kappa shape index (κ2) is 8.02. The number of carbonyl (C=O) groups excluding carboxylic acids is 1. The predicted octanol–water partition coefficient (Wildman–Crippen LogP) is 3.25. The van der Waals surface area contributed by atoms with Gasteiger partial charge < -0.3 is 16.2 Å². The van der Waals surface area contributed by atoms with E-state index in [4.69, 9.17) is 27.8 Å². The molecule has 6 heteroatoms. The molecule has 5 nitrogen and oxygen atoms in total. The van der Waals surface area contributed by atoms with Gasteiger partial charge in [0.1, 0.15) is 5.84 Å². The molecule has 0 radical (unpaired) electrons. The monoisotopic (exact) mass is 347 g/mol. The molecular weight excluding hydrogens is 326 g/mol. The summed E-state index contributed by atoms with van der Waals surface area (Å²) in [4.78, 5) is 17.0. The Bertz CT molecular complexity index is 723. The van der Waals surface area contributed by atoms with Crippen molar-refractivity contribution in [3.8, 4) is 0 Å². The lowest BCUT2D eigenvalue weighted by Gasteiger charge is -2.28. The molecule has 0 bridgehead atoms. The highest BCUT2D eigenvalue weighted by Crippen LogP contribution is 2.39. The minimum Gasteiger partial charge on any atom is -0.463 e. The topological polar surface area (TPSA) is 90.7 Å². The van der Waals surface area contributed by atoms with Crippen LogP contribution in [-0.4, -0.2) is 18.4 Å². The van der Waals surface area contributed by atoms with E-state index in [9.17, 15) is 4.79 Å². The maximum absolute atomic E-state index is 12.6. The van der Waals surface area contributed by atoms with Gasteiger partial charge in [-0.3, -0.25) is 0 Å². The molecule has 0 amide bonds. The van der Waals surface area contributed by atoms with Crippen molar-refractivity contribution in [3.05, 3.63) is 57.9 Å². The first-order valence-electron chi connectivity index (χ1n) is 7.95. The fraction of sp³-hybridized carbons (Fsp3) is 0.333. The number of carbonyl (C=O) groups is 1. The van der Waals surface area contributed by atoms with Crippen LogP contribution in [0.2, 0.25) is 5.02 Å². The molecule has 0 aromatic heterocycles. The lowest BCUT2D eigenvalue weighted by molar-refractivity contribution is -0.138. The summed E-state index contributed by atoms with van der Waals surface area (Å²) in [5, 5.41) is 0.574. The van der Waals surface area contributed by atoms with E-state index in [1.807, 2.05) is 19.1 Å². The molecule has 0 spiro atoms. The summed E-state index contributed by atoms with van der Waals surface area (Å²) in [6.07, 6.45) is 2.86. The van der Waals surface area contributed by atoms with E-state index in [2.05, 4.69) is 4.99 Å². The van der Waals surface area contributed by atoms with Crippen molar-refractivity contribution in [3.63, 3.8) is 0 Å². The number of hydrogen-bond acceptors (Lipinski definition) is 5. The van der Waals surface area contributed by atoms with Gasteiger partial charge in [-0.15, -0.1) is 0 Å². The molecular formula is C18H22ClN3O2. The molecule has 0 saturated carbocycles. The quantitative estimate of drug-likeness (QED) is 0.800. The fourth-order valence-electron chi connectivity index (χ4n) is 2.83. The fourth-order valence-corrected chi connectivity index (χ4v) is 3.02. The zero-order valence-corrected chi connectivity index (χ0v) is 14.6. The Balaban J connectivity index is 2.68. The number of rotatable bonds is 5. The van der Waals surface area contributed by atoms with Crippen LogP contribution in [0.3, 0.4) is 0 Å². The van der Waals surface area contributed by atoms with Crippen LogP contribution < -0.4 is 11.5 Å². The normalized spacial score (nSPS) is 19.4. The van der Waals surface area contributed by atoms with E-state index < -0.39 is 11.9 Å². The summed E-state index contributed by atoms with van der Waals surface area (Å²) in [7, 11) is 0. The van der Waals surface area contributed by atoms with Crippen LogP contribution in [0.5, 0.6) is 0 Å². The van der Waals surface area contributed by atoms with Crippen LogP contribution in [0.15, 0.2) is 52.3 Å². The molecule has 1 aliphatic rings. The Morgan fingerprint density at radius 1 is 1.42 bits per heavy atom. The number of allylic oxidation sites excluding steroid dienone is 1. The van der Waals surface area contributed by atoms with Crippen molar-refractivity contribution >= 4 is 23.4 Å². The van der Waals surface area contributed by atoms with Crippen molar-refractivity contribution in [1.29, 1.82) is 0 Å². The predicted molar refractivity (Wildman–Crippen MR) is 96.7 cm³/mol. The van der Waals surface area contributed by atoms with Crippen LogP contribution in [0.4, 0.5) is 0 Å². The standard InChI is InChI=1S/C18H22ClN3O2/c1-3-6-14-16(18(23)24-4-2)15(13(10-20)17(21)22-14)11-7-5-8-12(19)9-11/h5,7-10,15H,3-4,6,20H2,1-2H3,(H2,21,22)/b13-10-. The van der Waals surface area contributed by atoms with Crippen molar-refractivity contribution in [1.82, 2.24) is 0 Å². The number of aliphatic imine (C=N–C) groups is 1. The molecule has 0 fully saturated rings. The van der Waals surface area contributed by atoms with Gasteiger partial charge in [0.25, 0.3) is 0 Å². The Hall–Kier alpha value is -2.27. The number of halogens is 1. The van der Waals surface area contributed by atoms with Crippen LogP contribution in [-0.2, 0) is 9.53 Å². The van der Waals surface area contributed by atoms with Gasteiger partial charge in [-0.25, -0.2) is 9.79 Å². The minimum absolute atomic E-state index is 0.283. The van der Waals surface area contributed by atoms with Crippen LogP contribution in [0.1, 0.15) is 38.2 Å². The van der Waals surface area contributed by atoms with Crippen molar-refractivity contribution < 1.29 is 9.53 Å². The van der Waals surface area contributed by atoms with Gasteiger partial charge in [0.05, 0.1) is 17.9 Å². The highest BCUT2D eigenvalue weighted by molar-refractivity contribution is 6.30. The van der Waals surface area contributed by atoms with Gasteiger partial charge >= 0.3 is 5.97 Å². The smallest absolute Gasteiger partial charge is 0.336 e. The molecule has 4 N–H and O–H groups in total. The molecule has 24 heavy (non-hydrogen) atoms. The van der Waals surface area contributed by atoms with Gasteiger partial charge in [0, 0.05) is 22.7 Å². The molecule has 1 atom stereocenters. The third-order valence-corrected chi connectivity index (χ3v) is 4.04. The van der Waals surface area contributed by atoms with E-state index in [1.165, 1.54) is 6.20 Å². The molecule has 128 valence electrons. The average molecular weight is 348 g/mol. The number of nitrogens with two attached hydrogens (primary N) is 2. The molecule has 0 saturated heterocycles. The van der Waals surface area contributed by atoms with Crippen molar-refractivity contribution in [2.24, 2.45) is 16.5 Å². The molecule has 1 unspecified atom stereocenters. The van der Waals surface area contributed by atoms with Gasteiger partial charge in [-0.2, -0.15) is 0 Å². The number of hydrogen-bond donors (Lipinski definition) is 2. The first-order valence-corrected chi connectivity index (χ1v) is 8.33. The Morgan fingerprint density at radius 2 is 2.17 bits per heavy atom. The molecule has 1 heterocycles. The van der Waals surface area contributed by atoms with E-state index in [0.717, 1.165) is 12.0 Å². The maximum atomic E-state index is 12.6. The molecule has 1 aromatic rings. The van der Waals surface area contributed by atoms with E-state index >= 15 is 0 Å². The van der Waals surface area contributed by atoms with Gasteiger partial charge in [-0.05, 0) is 31.0 Å². The number of esters is 1. The summed E-state index contributed by atoms with van der Waals surface area (Å²) in [6.45, 7) is 4.07. The molecule has 1 aliphatic heterocycles. The number of nitrogens with zero attached hydrogens (tertiary/aromatic N) is 1. The first kappa shape index (κ1) is 18.1. The summed E-state index contributed by atoms with van der Waals surface area (Å²) < 4.78 is 5.26. The zero-order valence-electron chi connectivity index (χ0n) is 13.9. The van der Waals surface area contributed by atoms with Gasteiger partial charge in [0.2, 0.25) is 0 Å². The lowest BCUT2D eigenvalue weighted by atomic mass is 9.81. The molecule has 2 rings (SSSR count). The second-order valence-corrected chi connectivity index (χ2v) is 5.87. The summed E-state index contributed by atoms with van der Waals surface area (Å²) in [5.41, 5.74) is 14.4. The number of benzene rings is 1. The van der Waals surface area contributed by atoms with Crippen LogP contribution in [0, 0.1) is 0 Å². The Kier molecular flexibility index (Phi) is 6.04. The van der Waals surface area contributed by atoms with Gasteiger partial charge in [0.15, 0.2) is 0 Å². The molecule has 0 aliphatic carbocycles.